The number of aromatic nitrogens is 1. The highest BCUT2D eigenvalue weighted by molar-refractivity contribution is 7.89. The highest BCUT2D eigenvalue weighted by Gasteiger charge is 2.34. The Bertz CT molecular complexity index is 1360. The van der Waals surface area contributed by atoms with Gasteiger partial charge in [-0.25, -0.2) is 13.4 Å². The van der Waals surface area contributed by atoms with Gasteiger partial charge in [0.2, 0.25) is 15.9 Å². The minimum Gasteiger partial charge on any atom is -0.496 e. The van der Waals surface area contributed by atoms with Crippen molar-refractivity contribution in [3.8, 4) is 22.8 Å². The molecular weight excluding hydrogens is 500 g/mol. The van der Waals surface area contributed by atoms with E-state index in [9.17, 15) is 13.2 Å². The van der Waals surface area contributed by atoms with Gasteiger partial charge in [-0.3, -0.25) is 4.79 Å². The van der Waals surface area contributed by atoms with Gasteiger partial charge in [0.05, 0.1) is 36.4 Å². The fraction of sp³-hybridized carbons (Fsp3) is 0.360. The highest BCUT2D eigenvalue weighted by Crippen LogP contribution is 2.33. The number of ether oxygens (including phenoxy) is 2. The quantitative estimate of drug-likeness (QED) is 0.449. The molecule has 192 valence electrons. The first-order valence-corrected chi connectivity index (χ1v) is 13.9. The summed E-state index contributed by atoms with van der Waals surface area (Å²) in [4.78, 5) is 18.0. The predicted molar refractivity (Wildman–Crippen MR) is 141 cm³/mol. The van der Waals surface area contributed by atoms with E-state index in [1.807, 2.05) is 24.6 Å². The van der Waals surface area contributed by atoms with Gasteiger partial charge in [0, 0.05) is 31.1 Å². The molecular formula is C25H30N4O5S2. The van der Waals surface area contributed by atoms with E-state index in [-0.39, 0.29) is 17.3 Å². The molecule has 9 nitrogen and oxygen atoms in total. The summed E-state index contributed by atoms with van der Waals surface area (Å²) in [5.41, 5.74) is 2.88. The largest absolute Gasteiger partial charge is 0.496 e. The number of carbonyl (C=O) groups is 1. The SMILES string of the molecule is CNc1nc(-c2ccc(OC)c(NC(=O)[C@@H]3CCCN(S(=O)(=O)c4ccc(OC)c(C)c4)C3)c2)cs1. The molecule has 0 radical (unpaired) electrons. The molecule has 1 atom stereocenters. The average molecular weight is 531 g/mol. The highest BCUT2D eigenvalue weighted by atomic mass is 32.2. The topological polar surface area (TPSA) is 110 Å². The lowest BCUT2D eigenvalue weighted by molar-refractivity contribution is -0.120. The summed E-state index contributed by atoms with van der Waals surface area (Å²) in [7, 11) is 1.15. The maximum atomic E-state index is 13.3. The lowest BCUT2D eigenvalue weighted by Crippen LogP contribution is -2.43. The summed E-state index contributed by atoms with van der Waals surface area (Å²) < 4.78 is 38.7. The van der Waals surface area contributed by atoms with Crippen LogP contribution in [0.5, 0.6) is 11.5 Å². The first-order valence-electron chi connectivity index (χ1n) is 11.5. The van der Waals surface area contributed by atoms with Crippen LogP contribution in [0, 0.1) is 12.8 Å². The van der Waals surface area contributed by atoms with E-state index in [4.69, 9.17) is 9.47 Å². The molecule has 1 fully saturated rings. The summed E-state index contributed by atoms with van der Waals surface area (Å²) in [6.45, 7) is 2.28. The monoisotopic (exact) mass is 530 g/mol. The van der Waals surface area contributed by atoms with Crippen molar-refractivity contribution in [3.63, 3.8) is 0 Å². The first-order chi connectivity index (χ1) is 17.3. The van der Waals surface area contributed by atoms with Gasteiger partial charge in [-0.05, 0) is 61.7 Å². The van der Waals surface area contributed by atoms with Crippen LogP contribution in [0.1, 0.15) is 18.4 Å². The second-order valence-electron chi connectivity index (χ2n) is 8.53. The Morgan fingerprint density at radius 3 is 2.56 bits per heavy atom. The molecule has 3 aromatic rings. The van der Waals surface area contributed by atoms with Crippen molar-refractivity contribution in [2.75, 3.05) is 45.0 Å². The zero-order valence-electron chi connectivity index (χ0n) is 20.7. The van der Waals surface area contributed by atoms with Crippen molar-refractivity contribution >= 4 is 38.1 Å². The Morgan fingerprint density at radius 1 is 1.14 bits per heavy atom. The average Bonchev–Trinajstić information content (AvgIpc) is 3.38. The van der Waals surface area contributed by atoms with Crippen molar-refractivity contribution in [1.82, 2.24) is 9.29 Å². The van der Waals surface area contributed by atoms with Crippen molar-refractivity contribution in [2.45, 2.75) is 24.7 Å². The number of methoxy groups -OCH3 is 2. The maximum Gasteiger partial charge on any atom is 0.243 e. The summed E-state index contributed by atoms with van der Waals surface area (Å²) in [6.07, 6.45) is 1.19. The van der Waals surface area contributed by atoms with Gasteiger partial charge in [-0.2, -0.15) is 4.31 Å². The van der Waals surface area contributed by atoms with Crippen LogP contribution in [0.4, 0.5) is 10.8 Å². The number of anilines is 2. The molecule has 1 aliphatic rings. The van der Waals surface area contributed by atoms with Gasteiger partial charge in [0.15, 0.2) is 5.13 Å². The van der Waals surface area contributed by atoms with Crippen molar-refractivity contribution in [1.29, 1.82) is 0 Å². The number of benzene rings is 2. The van der Waals surface area contributed by atoms with Crippen molar-refractivity contribution < 1.29 is 22.7 Å². The first kappa shape index (κ1) is 25.9. The van der Waals surface area contributed by atoms with Crippen LogP contribution in [-0.2, 0) is 14.8 Å². The summed E-state index contributed by atoms with van der Waals surface area (Å²) in [5, 5.41) is 8.70. The Labute approximate surface area is 215 Å². The number of carbonyl (C=O) groups excluding carboxylic acids is 1. The standard InChI is InChI=1S/C25H30N4O5S2/c1-16-12-19(8-10-22(16)33-3)36(31,32)29-11-5-6-18(14-29)24(30)27-20-13-17(7-9-23(20)34-4)21-15-35-25(26-2)28-21/h7-10,12-13,15,18H,5-6,11,14H2,1-4H3,(H,26,28)(H,27,30)/t18-/m1/s1. The number of nitrogens with zero attached hydrogens (tertiary/aromatic N) is 2. The molecule has 1 saturated heterocycles. The Morgan fingerprint density at radius 2 is 1.89 bits per heavy atom. The van der Waals surface area contributed by atoms with E-state index in [0.717, 1.165) is 22.0 Å². The zero-order chi connectivity index (χ0) is 25.9. The number of aryl methyl sites for hydroxylation is 1. The molecule has 0 bridgehead atoms. The van der Waals surface area contributed by atoms with Gasteiger partial charge in [0.25, 0.3) is 0 Å². The van der Waals surface area contributed by atoms with E-state index in [0.29, 0.717) is 36.6 Å². The van der Waals surface area contributed by atoms with Gasteiger partial charge < -0.3 is 20.1 Å². The van der Waals surface area contributed by atoms with Crippen LogP contribution < -0.4 is 20.1 Å². The van der Waals surface area contributed by atoms with Gasteiger partial charge in [-0.15, -0.1) is 11.3 Å². The van der Waals surface area contributed by atoms with Crippen LogP contribution in [0.3, 0.4) is 0 Å². The maximum absolute atomic E-state index is 13.3. The number of piperidine rings is 1. The molecule has 2 heterocycles. The number of sulfonamides is 1. The van der Waals surface area contributed by atoms with Gasteiger partial charge >= 0.3 is 0 Å². The molecule has 11 heteroatoms. The van der Waals surface area contributed by atoms with Crippen LogP contribution in [-0.4, -0.2) is 58.0 Å². The molecule has 0 spiro atoms. The van der Waals surface area contributed by atoms with E-state index in [1.165, 1.54) is 15.6 Å². The minimum atomic E-state index is -3.74. The third-order valence-corrected chi connectivity index (χ3v) is 8.95. The number of rotatable bonds is 8. The molecule has 0 saturated carbocycles. The third kappa shape index (κ3) is 5.32. The van der Waals surface area contributed by atoms with Crippen LogP contribution in [0.25, 0.3) is 11.3 Å². The third-order valence-electron chi connectivity index (χ3n) is 6.23. The number of hydrogen-bond donors (Lipinski definition) is 2. The van der Waals surface area contributed by atoms with Crippen molar-refractivity contribution in [3.05, 3.63) is 47.3 Å². The number of thiazole rings is 1. The van der Waals surface area contributed by atoms with E-state index < -0.39 is 15.9 Å². The molecule has 1 amide bonds. The fourth-order valence-corrected chi connectivity index (χ4v) is 6.55. The molecule has 1 aromatic heterocycles. The molecule has 0 aliphatic carbocycles. The molecule has 1 aliphatic heterocycles. The smallest absolute Gasteiger partial charge is 0.243 e. The predicted octanol–water partition coefficient (Wildman–Crippen LogP) is 4.22. The lowest BCUT2D eigenvalue weighted by Gasteiger charge is -2.31. The second kappa shape index (κ2) is 10.9. The molecule has 4 rings (SSSR count). The molecule has 2 N–H and O–H groups in total. The van der Waals surface area contributed by atoms with E-state index in [1.54, 1.807) is 45.4 Å². The molecule has 0 unspecified atom stereocenters. The minimum absolute atomic E-state index is 0.110. The van der Waals surface area contributed by atoms with Crippen LogP contribution in [0.2, 0.25) is 0 Å². The summed E-state index contributed by atoms with van der Waals surface area (Å²) >= 11 is 1.49. The Balaban J connectivity index is 1.52. The van der Waals surface area contributed by atoms with E-state index >= 15 is 0 Å². The number of hydrogen-bond acceptors (Lipinski definition) is 8. The van der Waals surface area contributed by atoms with Gasteiger partial charge in [-0.1, -0.05) is 0 Å². The number of amides is 1. The van der Waals surface area contributed by atoms with Crippen molar-refractivity contribution in [2.24, 2.45) is 5.92 Å². The zero-order valence-corrected chi connectivity index (χ0v) is 22.3. The van der Waals surface area contributed by atoms with Gasteiger partial charge in [0.1, 0.15) is 11.5 Å². The molecule has 2 aromatic carbocycles. The van der Waals surface area contributed by atoms with Crippen LogP contribution >= 0.6 is 11.3 Å². The van der Waals surface area contributed by atoms with E-state index in [2.05, 4.69) is 15.6 Å². The number of nitrogens with one attached hydrogen (secondary N) is 2. The second-order valence-corrected chi connectivity index (χ2v) is 11.3. The fourth-order valence-electron chi connectivity index (χ4n) is 4.26. The Hall–Kier alpha value is -3.15. The summed E-state index contributed by atoms with van der Waals surface area (Å²) in [6, 6.07) is 10.3. The summed E-state index contributed by atoms with van der Waals surface area (Å²) in [5.74, 6) is 0.410. The lowest BCUT2D eigenvalue weighted by atomic mass is 9.98. The molecule has 36 heavy (non-hydrogen) atoms. The Kier molecular flexibility index (Phi) is 7.82. The normalized spacial score (nSPS) is 16.4. The van der Waals surface area contributed by atoms with Crippen LogP contribution in [0.15, 0.2) is 46.7 Å².